The molecule has 0 radical (unpaired) electrons. The number of hydrogen-bond acceptors (Lipinski definition) is 3. The van der Waals surface area contributed by atoms with Crippen molar-refractivity contribution in [2.75, 3.05) is 5.73 Å². The van der Waals surface area contributed by atoms with Crippen LogP contribution >= 0.6 is 0 Å². The number of nitrogens with zero attached hydrogens (tertiary/aromatic N) is 1. The minimum Gasteiger partial charge on any atom is -0.461 e. The third-order valence-corrected chi connectivity index (χ3v) is 1.29. The van der Waals surface area contributed by atoms with E-state index in [0.717, 1.165) is 0 Å². The van der Waals surface area contributed by atoms with Crippen molar-refractivity contribution in [2.45, 2.75) is 13.0 Å². The predicted molar refractivity (Wildman–Crippen MR) is 47.6 cm³/mol. The summed E-state index contributed by atoms with van der Waals surface area (Å²) < 4.78 is 5.22. The number of anilines is 1. The first-order chi connectivity index (χ1) is 5.72. The monoisotopic (exact) mass is 162 g/mol. The third kappa shape index (κ3) is 2.17. The van der Waals surface area contributed by atoms with Crippen molar-refractivity contribution < 1.29 is 4.74 Å². The summed E-state index contributed by atoms with van der Waals surface area (Å²) in [7, 11) is 0. The van der Waals surface area contributed by atoms with Crippen molar-refractivity contribution in [3.8, 4) is 18.2 Å². The fourth-order valence-corrected chi connectivity index (χ4v) is 0.677. The summed E-state index contributed by atoms with van der Waals surface area (Å²) in [5.41, 5.74) is 6.04. The van der Waals surface area contributed by atoms with Crippen LogP contribution in [0.2, 0.25) is 0 Å². The number of rotatable bonds is 2. The van der Waals surface area contributed by atoms with Gasteiger partial charge in [0, 0.05) is 6.07 Å². The minimum absolute atomic E-state index is 0.263. The lowest BCUT2D eigenvalue weighted by Gasteiger charge is -2.06. The highest BCUT2D eigenvalue weighted by Gasteiger charge is 1.98. The van der Waals surface area contributed by atoms with Crippen LogP contribution in [0.3, 0.4) is 0 Å². The van der Waals surface area contributed by atoms with Crippen molar-refractivity contribution in [1.82, 2.24) is 4.98 Å². The van der Waals surface area contributed by atoms with Gasteiger partial charge in [0.05, 0.1) is 11.9 Å². The molecule has 1 aromatic heterocycles. The number of terminal acetylenes is 1. The van der Waals surface area contributed by atoms with Crippen LogP contribution in [-0.4, -0.2) is 11.1 Å². The van der Waals surface area contributed by atoms with Gasteiger partial charge in [-0.15, -0.1) is 6.42 Å². The Labute approximate surface area is 71.6 Å². The van der Waals surface area contributed by atoms with E-state index in [4.69, 9.17) is 16.9 Å². The van der Waals surface area contributed by atoms with Gasteiger partial charge in [0.15, 0.2) is 6.10 Å². The molecule has 1 rings (SSSR count). The third-order valence-electron chi connectivity index (χ3n) is 1.29. The zero-order chi connectivity index (χ0) is 8.97. The molecule has 0 fully saturated rings. The molecule has 0 saturated heterocycles. The zero-order valence-corrected chi connectivity index (χ0v) is 6.82. The summed E-state index contributed by atoms with van der Waals surface area (Å²) in [6.45, 7) is 1.78. The largest absolute Gasteiger partial charge is 0.461 e. The number of ether oxygens (including phenoxy) is 1. The van der Waals surface area contributed by atoms with Crippen molar-refractivity contribution in [3.05, 3.63) is 18.3 Å². The maximum absolute atomic E-state index is 5.43. The van der Waals surface area contributed by atoms with Crippen LogP contribution in [0, 0.1) is 12.3 Å². The molecule has 3 nitrogen and oxygen atoms in total. The van der Waals surface area contributed by atoms with Gasteiger partial charge in [0.1, 0.15) is 0 Å². The Hall–Kier alpha value is -1.69. The first-order valence-corrected chi connectivity index (χ1v) is 3.56. The lowest BCUT2D eigenvalue weighted by Crippen LogP contribution is -2.09. The molecule has 2 N–H and O–H groups in total. The molecule has 0 spiro atoms. The molecule has 0 amide bonds. The second kappa shape index (κ2) is 3.63. The fourth-order valence-electron chi connectivity index (χ4n) is 0.677. The molecule has 0 aromatic carbocycles. The Balaban J connectivity index is 2.66. The Morgan fingerprint density at radius 2 is 2.42 bits per heavy atom. The van der Waals surface area contributed by atoms with Crippen LogP contribution in [0.5, 0.6) is 5.88 Å². The van der Waals surface area contributed by atoms with Gasteiger partial charge in [-0.25, -0.2) is 4.98 Å². The number of nitrogens with two attached hydrogens (primary N) is 1. The van der Waals surface area contributed by atoms with Crippen LogP contribution in [0.15, 0.2) is 18.3 Å². The first-order valence-electron chi connectivity index (χ1n) is 3.56. The highest BCUT2D eigenvalue weighted by molar-refractivity contribution is 5.36. The van der Waals surface area contributed by atoms with Gasteiger partial charge in [0.25, 0.3) is 0 Å². The Morgan fingerprint density at radius 1 is 1.67 bits per heavy atom. The highest BCUT2D eigenvalue weighted by Crippen LogP contribution is 2.09. The second-order valence-corrected chi connectivity index (χ2v) is 2.36. The van der Waals surface area contributed by atoms with E-state index < -0.39 is 0 Å². The minimum atomic E-state index is -0.263. The Kier molecular flexibility index (Phi) is 2.54. The topological polar surface area (TPSA) is 48.1 Å². The molecular weight excluding hydrogens is 152 g/mol. The fraction of sp³-hybridized carbons (Fsp3) is 0.222. The van der Waals surface area contributed by atoms with E-state index in [-0.39, 0.29) is 6.10 Å². The van der Waals surface area contributed by atoms with Crippen LogP contribution in [0.4, 0.5) is 5.69 Å². The summed E-state index contributed by atoms with van der Waals surface area (Å²) >= 11 is 0. The number of nitrogen functional groups attached to an aromatic ring is 1. The predicted octanol–water partition coefficient (Wildman–Crippen LogP) is 1.06. The van der Waals surface area contributed by atoms with E-state index in [1.165, 1.54) is 6.20 Å². The van der Waals surface area contributed by atoms with Gasteiger partial charge >= 0.3 is 0 Å². The maximum Gasteiger partial charge on any atom is 0.214 e. The second-order valence-electron chi connectivity index (χ2n) is 2.36. The van der Waals surface area contributed by atoms with Gasteiger partial charge in [-0.3, -0.25) is 0 Å². The van der Waals surface area contributed by atoms with E-state index in [1.54, 1.807) is 19.1 Å². The SMILES string of the molecule is C#CC(C)Oc1ccc(N)cn1. The van der Waals surface area contributed by atoms with Gasteiger partial charge in [0.2, 0.25) is 5.88 Å². The normalized spacial score (nSPS) is 11.7. The summed E-state index contributed by atoms with van der Waals surface area (Å²) in [4.78, 5) is 3.92. The van der Waals surface area contributed by atoms with Crippen molar-refractivity contribution in [3.63, 3.8) is 0 Å². The van der Waals surface area contributed by atoms with E-state index in [2.05, 4.69) is 10.9 Å². The number of aromatic nitrogens is 1. The quantitative estimate of drug-likeness (QED) is 0.661. The Bertz CT molecular complexity index is 286. The van der Waals surface area contributed by atoms with Crippen molar-refractivity contribution in [1.29, 1.82) is 0 Å². The van der Waals surface area contributed by atoms with Crippen molar-refractivity contribution in [2.24, 2.45) is 0 Å². The molecule has 62 valence electrons. The summed E-state index contributed by atoms with van der Waals surface area (Å²) in [6.07, 6.45) is 6.39. The summed E-state index contributed by atoms with van der Waals surface area (Å²) in [6, 6.07) is 3.40. The smallest absolute Gasteiger partial charge is 0.214 e. The molecular formula is C9H10N2O. The van der Waals surface area contributed by atoms with Gasteiger partial charge in [-0.05, 0) is 13.0 Å². The molecule has 0 aliphatic carbocycles. The van der Waals surface area contributed by atoms with E-state index in [9.17, 15) is 0 Å². The maximum atomic E-state index is 5.43. The standard InChI is InChI=1S/C9H10N2O/c1-3-7(2)12-9-5-4-8(10)6-11-9/h1,4-7H,10H2,2H3. The van der Waals surface area contributed by atoms with E-state index in [0.29, 0.717) is 11.6 Å². The van der Waals surface area contributed by atoms with E-state index in [1.807, 2.05) is 0 Å². The van der Waals surface area contributed by atoms with Gasteiger partial charge in [-0.1, -0.05) is 5.92 Å². The molecule has 1 heterocycles. The average Bonchev–Trinajstić information content (AvgIpc) is 2.09. The molecule has 1 atom stereocenters. The van der Waals surface area contributed by atoms with Crippen molar-refractivity contribution >= 4 is 5.69 Å². The van der Waals surface area contributed by atoms with E-state index >= 15 is 0 Å². The molecule has 1 aromatic rings. The van der Waals surface area contributed by atoms with Crippen LogP contribution in [0.1, 0.15) is 6.92 Å². The van der Waals surface area contributed by atoms with Crippen LogP contribution in [-0.2, 0) is 0 Å². The molecule has 0 saturated carbocycles. The lowest BCUT2D eigenvalue weighted by molar-refractivity contribution is 0.268. The summed E-state index contributed by atoms with van der Waals surface area (Å²) in [5.74, 6) is 2.93. The first kappa shape index (κ1) is 8.41. The molecule has 0 bridgehead atoms. The average molecular weight is 162 g/mol. The van der Waals surface area contributed by atoms with Crippen LogP contribution < -0.4 is 10.5 Å². The Morgan fingerprint density at radius 3 is 2.92 bits per heavy atom. The van der Waals surface area contributed by atoms with Gasteiger partial charge in [-0.2, -0.15) is 0 Å². The zero-order valence-electron chi connectivity index (χ0n) is 6.82. The highest BCUT2D eigenvalue weighted by atomic mass is 16.5. The lowest BCUT2D eigenvalue weighted by atomic mass is 10.4. The molecule has 1 unspecified atom stereocenters. The molecule has 3 heteroatoms. The molecule has 0 aliphatic heterocycles. The number of hydrogen-bond donors (Lipinski definition) is 1. The van der Waals surface area contributed by atoms with Crippen LogP contribution in [0.25, 0.3) is 0 Å². The van der Waals surface area contributed by atoms with Gasteiger partial charge < -0.3 is 10.5 Å². The summed E-state index contributed by atoms with van der Waals surface area (Å²) in [5, 5.41) is 0. The number of pyridine rings is 1. The molecule has 12 heavy (non-hydrogen) atoms. The molecule has 0 aliphatic rings.